The van der Waals surface area contributed by atoms with E-state index in [-0.39, 0.29) is 0 Å². The first-order valence-electron chi connectivity index (χ1n) is 6.93. The highest BCUT2D eigenvalue weighted by Gasteiger charge is 2.33. The molecule has 0 radical (unpaired) electrons. The largest absolute Gasteiger partial charge is 0.327 e. The summed E-state index contributed by atoms with van der Waals surface area (Å²) in [4.78, 5) is 2.65. The second-order valence-corrected chi connectivity index (χ2v) is 6.64. The van der Waals surface area contributed by atoms with Gasteiger partial charge in [-0.2, -0.15) is 0 Å². The van der Waals surface area contributed by atoms with Crippen molar-refractivity contribution in [2.75, 3.05) is 13.1 Å². The molecule has 1 fully saturated rings. The molecule has 3 atom stereocenters. The Morgan fingerprint density at radius 2 is 2.17 bits per heavy atom. The fraction of sp³-hybridized carbons (Fsp3) is 0.600. The zero-order valence-corrected chi connectivity index (χ0v) is 12.5. The molecule has 0 amide bonds. The van der Waals surface area contributed by atoms with E-state index >= 15 is 0 Å². The van der Waals surface area contributed by atoms with Crippen molar-refractivity contribution >= 4 is 15.9 Å². The van der Waals surface area contributed by atoms with Gasteiger partial charge in [-0.3, -0.25) is 4.90 Å². The van der Waals surface area contributed by atoms with Crippen LogP contribution in [0.3, 0.4) is 0 Å². The summed E-state index contributed by atoms with van der Waals surface area (Å²) in [5, 5.41) is 0. The molecule has 2 N–H and O–H groups in total. The van der Waals surface area contributed by atoms with Crippen LogP contribution in [0.5, 0.6) is 0 Å². The number of piperidine rings is 1. The zero-order valence-electron chi connectivity index (χ0n) is 10.9. The summed E-state index contributed by atoms with van der Waals surface area (Å²) in [5.74, 6) is 0.620. The Morgan fingerprint density at radius 3 is 2.94 bits per heavy atom. The van der Waals surface area contributed by atoms with Crippen LogP contribution in [0.1, 0.15) is 36.9 Å². The lowest BCUT2D eigenvalue weighted by Crippen LogP contribution is -2.46. The minimum atomic E-state index is 0.393. The molecule has 0 saturated carbocycles. The predicted molar refractivity (Wildman–Crippen MR) is 78.5 cm³/mol. The van der Waals surface area contributed by atoms with E-state index in [2.05, 4.69) is 46.0 Å². The third-order valence-corrected chi connectivity index (χ3v) is 5.37. The van der Waals surface area contributed by atoms with Crippen LogP contribution in [0.2, 0.25) is 0 Å². The number of halogens is 1. The summed E-state index contributed by atoms with van der Waals surface area (Å²) in [6, 6.07) is 7.64. The van der Waals surface area contributed by atoms with Crippen molar-refractivity contribution in [1.29, 1.82) is 0 Å². The standard InChI is InChI=1S/C15H21BrN2/c1-10-9-18(8-7-14(10)17)15-6-5-11-12(15)3-2-4-13(11)16/h2-4,10,14-15H,5-9,17H2,1H3. The van der Waals surface area contributed by atoms with E-state index in [1.807, 2.05) is 0 Å². The molecule has 0 aromatic heterocycles. The van der Waals surface area contributed by atoms with Crippen LogP contribution < -0.4 is 5.73 Å². The molecule has 1 aliphatic carbocycles. The molecule has 98 valence electrons. The number of fused-ring (bicyclic) bond motifs is 1. The van der Waals surface area contributed by atoms with Gasteiger partial charge >= 0.3 is 0 Å². The number of benzene rings is 1. The van der Waals surface area contributed by atoms with E-state index in [0.29, 0.717) is 18.0 Å². The number of hydrogen-bond donors (Lipinski definition) is 1. The van der Waals surface area contributed by atoms with E-state index in [9.17, 15) is 0 Å². The Bertz CT molecular complexity index is 446. The maximum Gasteiger partial charge on any atom is 0.0354 e. The average molecular weight is 309 g/mol. The number of rotatable bonds is 1. The van der Waals surface area contributed by atoms with Crippen molar-refractivity contribution < 1.29 is 0 Å². The van der Waals surface area contributed by atoms with Gasteiger partial charge in [-0.1, -0.05) is 35.0 Å². The van der Waals surface area contributed by atoms with Crippen LogP contribution >= 0.6 is 15.9 Å². The van der Waals surface area contributed by atoms with Gasteiger partial charge in [-0.05, 0) is 42.4 Å². The third-order valence-electron chi connectivity index (χ3n) is 4.63. The first-order chi connectivity index (χ1) is 8.66. The molecular formula is C15H21BrN2. The fourth-order valence-corrected chi connectivity index (χ4v) is 4.03. The summed E-state index contributed by atoms with van der Waals surface area (Å²) < 4.78 is 1.28. The monoisotopic (exact) mass is 308 g/mol. The Hall–Kier alpha value is -0.380. The van der Waals surface area contributed by atoms with Crippen molar-refractivity contribution in [3.63, 3.8) is 0 Å². The second kappa shape index (κ2) is 4.95. The van der Waals surface area contributed by atoms with Crippen LogP contribution in [0.15, 0.2) is 22.7 Å². The number of hydrogen-bond acceptors (Lipinski definition) is 2. The highest BCUT2D eigenvalue weighted by molar-refractivity contribution is 9.10. The smallest absolute Gasteiger partial charge is 0.0354 e. The number of nitrogens with two attached hydrogens (primary N) is 1. The molecule has 0 bridgehead atoms. The highest BCUT2D eigenvalue weighted by atomic mass is 79.9. The normalized spacial score (nSPS) is 32.5. The van der Waals surface area contributed by atoms with Crippen molar-refractivity contribution in [3.8, 4) is 0 Å². The molecule has 2 nitrogen and oxygen atoms in total. The van der Waals surface area contributed by atoms with Gasteiger partial charge < -0.3 is 5.73 Å². The van der Waals surface area contributed by atoms with Gasteiger partial charge in [0.15, 0.2) is 0 Å². The predicted octanol–water partition coefficient (Wildman–Crippen LogP) is 3.11. The maximum atomic E-state index is 6.12. The molecule has 1 aliphatic heterocycles. The van der Waals surface area contributed by atoms with E-state index in [1.165, 1.54) is 28.4 Å². The van der Waals surface area contributed by atoms with E-state index in [1.54, 1.807) is 0 Å². The van der Waals surface area contributed by atoms with Gasteiger partial charge in [0.2, 0.25) is 0 Å². The molecule has 2 aliphatic rings. The van der Waals surface area contributed by atoms with E-state index in [0.717, 1.165) is 19.5 Å². The highest BCUT2D eigenvalue weighted by Crippen LogP contribution is 2.40. The van der Waals surface area contributed by atoms with Crippen molar-refractivity contribution in [2.45, 2.75) is 38.3 Å². The molecule has 18 heavy (non-hydrogen) atoms. The summed E-state index contributed by atoms with van der Waals surface area (Å²) in [6.45, 7) is 4.59. The molecule has 3 unspecified atom stereocenters. The maximum absolute atomic E-state index is 6.12. The Kier molecular flexibility index (Phi) is 3.48. The summed E-state index contributed by atoms with van der Waals surface area (Å²) in [7, 11) is 0. The minimum Gasteiger partial charge on any atom is -0.327 e. The summed E-state index contributed by atoms with van der Waals surface area (Å²) in [5.41, 5.74) is 9.18. The summed E-state index contributed by atoms with van der Waals surface area (Å²) >= 11 is 3.68. The Labute approximate surface area is 118 Å². The van der Waals surface area contributed by atoms with Crippen LogP contribution in [-0.4, -0.2) is 24.0 Å². The first-order valence-corrected chi connectivity index (χ1v) is 7.73. The molecule has 0 spiro atoms. The van der Waals surface area contributed by atoms with Gasteiger partial charge in [0, 0.05) is 29.6 Å². The zero-order chi connectivity index (χ0) is 12.7. The first kappa shape index (κ1) is 12.6. The Balaban J connectivity index is 1.82. The van der Waals surface area contributed by atoms with Crippen molar-refractivity contribution in [2.24, 2.45) is 11.7 Å². The molecule has 1 heterocycles. The molecule has 3 heteroatoms. The fourth-order valence-electron chi connectivity index (χ4n) is 3.45. The van der Waals surface area contributed by atoms with Gasteiger partial charge in [0.1, 0.15) is 0 Å². The van der Waals surface area contributed by atoms with Crippen molar-refractivity contribution in [1.82, 2.24) is 4.90 Å². The van der Waals surface area contributed by atoms with Gasteiger partial charge in [0.05, 0.1) is 0 Å². The molecule has 1 aromatic rings. The van der Waals surface area contributed by atoms with Crippen LogP contribution in [0.25, 0.3) is 0 Å². The SMILES string of the molecule is CC1CN(C2CCc3c(Br)cccc32)CCC1N. The van der Waals surface area contributed by atoms with E-state index in [4.69, 9.17) is 5.73 Å². The van der Waals surface area contributed by atoms with Crippen LogP contribution in [0, 0.1) is 5.92 Å². The topological polar surface area (TPSA) is 29.3 Å². The average Bonchev–Trinajstić information content (AvgIpc) is 2.78. The lowest BCUT2D eigenvalue weighted by molar-refractivity contribution is 0.116. The third kappa shape index (κ3) is 2.13. The van der Waals surface area contributed by atoms with Gasteiger partial charge in [-0.25, -0.2) is 0 Å². The minimum absolute atomic E-state index is 0.393. The lowest BCUT2D eigenvalue weighted by Gasteiger charge is -2.39. The van der Waals surface area contributed by atoms with Crippen LogP contribution in [0.4, 0.5) is 0 Å². The molecule has 1 saturated heterocycles. The molecular weight excluding hydrogens is 288 g/mol. The molecule has 3 rings (SSSR count). The summed E-state index contributed by atoms with van der Waals surface area (Å²) in [6.07, 6.45) is 3.61. The quantitative estimate of drug-likeness (QED) is 0.864. The number of likely N-dealkylation sites (tertiary alicyclic amines) is 1. The molecule has 1 aromatic carbocycles. The Morgan fingerprint density at radius 1 is 1.33 bits per heavy atom. The van der Waals surface area contributed by atoms with Gasteiger partial charge in [-0.15, -0.1) is 0 Å². The second-order valence-electron chi connectivity index (χ2n) is 5.79. The van der Waals surface area contributed by atoms with E-state index < -0.39 is 0 Å². The lowest BCUT2D eigenvalue weighted by atomic mass is 9.92. The van der Waals surface area contributed by atoms with Crippen molar-refractivity contribution in [3.05, 3.63) is 33.8 Å². The van der Waals surface area contributed by atoms with Crippen LogP contribution in [-0.2, 0) is 6.42 Å². The number of nitrogens with zero attached hydrogens (tertiary/aromatic N) is 1. The van der Waals surface area contributed by atoms with Gasteiger partial charge in [0.25, 0.3) is 0 Å².